The van der Waals surface area contributed by atoms with Crippen LogP contribution >= 0.6 is 15.9 Å². The van der Waals surface area contributed by atoms with E-state index in [4.69, 9.17) is 4.74 Å². The lowest BCUT2D eigenvalue weighted by molar-refractivity contribution is -0.385. The third kappa shape index (κ3) is 1.43. The van der Waals surface area contributed by atoms with Crippen molar-refractivity contribution in [2.75, 3.05) is 7.11 Å². The molecule has 0 radical (unpaired) electrons. The van der Waals surface area contributed by atoms with Gasteiger partial charge in [0.25, 0.3) is 0 Å². The molecule has 0 unspecified atom stereocenters. The Hall–Kier alpha value is -1.63. The fraction of sp³-hybridized carbons (Fsp3) is 0.364. The van der Waals surface area contributed by atoms with Gasteiger partial charge in [0.2, 0.25) is 5.75 Å². The van der Waals surface area contributed by atoms with Crippen LogP contribution in [-0.2, 0) is 13.0 Å². The number of fused-ring (bicyclic) bond motifs is 3. The number of aryl methyl sites for hydroxylation is 2. The molecule has 1 aliphatic heterocycles. The highest BCUT2D eigenvalue weighted by molar-refractivity contribution is 9.10. The monoisotopic (exact) mass is 311 g/mol. The predicted octanol–water partition coefficient (Wildman–Crippen LogP) is 2.66. The largest absolute Gasteiger partial charge is 0.489 e. The molecule has 0 spiro atoms. The van der Waals surface area contributed by atoms with Crippen molar-refractivity contribution in [1.82, 2.24) is 9.55 Å². The van der Waals surface area contributed by atoms with Gasteiger partial charge in [-0.15, -0.1) is 0 Å². The number of ether oxygens (including phenoxy) is 1. The van der Waals surface area contributed by atoms with Crippen LogP contribution in [0, 0.1) is 10.1 Å². The molecule has 1 aliphatic rings. The first-order valence-electron chi connectivity index (χ1n) is 5.53. The Kier molecular flexibility index (Phi) is 2.51. The van der Waals surface area contributed by atoms with E-state index >= 15 is 0 Å². The zero-order chi connectivity index (χ0) is 12.9. The van der Waals surface area contributed by atoms with Crippen molar-refractivity contribution in [3.05, 3.63) is 26.5 Å². The summed E-state index contributed by atoms with van der Waals surface area (Å²) in [6.07, 6.45) is 1.92. The molecule has 0 fully saturated rings. The maximum Gasteiger partial charge on any atom is 0.314 e. The van der Waals surface area contributed by atoms with Crippen LogP contribution in [0.15, 0.2) is 10.5 Å². The van der Waals surface area contributed by atoms with Crippen LogP contribution in [0.2, 0.25) is 0 Å². The maximum atomic E-state index is 11.1. The number of rotatable bonds is 2. The third-order valence-electron chi connectivity index (χ3n) is 3.17. The minimum Gasteiger partial charge on any atom is -0.489 e. The van der Waals surface area contributed by atoms with E-state index in [1.54, 1.807) is 0 Å². The van der Waals surface area contributed by atoms with Gasteiger partial charge >= 0.3 is 5.69 Å². The van der Waals surface area contributed by atoms with Crippen molar-refractivity contribution in [3.8, 4) is 5.75 Å². The van der Waals surface area contributed by atoms with Crippen LogP contribution in [0.25, 0.3) is 11.0 Å². The quantitative estimate of drug-likeness (QED) is 0.631. The molecule has 0 saturated carbocycles. The molecule has 0 saturated heterocycles. The van der Waals surface area contributed by atoms with Gasteiger partial charge in [-0.2, -0.15) is 0 Å². The lowest BCUT2D eigenvalue weighted by atomic mass is 10.2. The molecule has 0 bridgehead atoms. The fourth-order valence-corrected chi connectivity index (χ4v) is 2.93. The predicted molar refractivity (Wildman–Crippen MR) is 69.0 cm³/mol. The smallest absolute Gasteiger partial charge is 0.314 e. The number of nitrogens with zero attached hydrogens (tertiary/aromatic N) is 3. The Morgan fingerprint density at radius 2 is 2.39 bits per heavy atom. The van der Waals surface area contributed by atoms with E-state index in [0.29, 0.717) is 15.7 Å². The van der Waals surface area contributed by atoms with Crippen LogP contribution < -0.4 is 4.74 Å². The first-order chi connectivity index (χ1) is 8.63. The molecule has 0 aliphatic carbocycles. The molecular formula is C11H10BrN3O3. The minimum absolute atomic E-state index is 0.0357. The first kappa shape index (κ1) is 11.5. The van der Waals surface area contributed by atoms with Gasteiger partial charge < -0.3 is 9.30 Å². The zero-order valence-electron chi connectivity index (χ0n) is 9.64. The molecule has 18 heavy (non-hydrogen) atoms. The van der Waals surface area contributed by atoms with Crippen LogP contribution in [0.5, 0.6) is 5.75 Å². The van der Waals surface area contributed by atoms with Crippen LogP contribution in [0.3, 0.4) is 0 Å². The minimum atomic E-state index is -0.433. The third-order valence-corrected chi connectivity index (χ3v) is 3.77. The van der Waals surface area contributed by atoms with E-state index < -0.39 is 4.92 Å². The second kappa shape index (κ2) is 3.94. The van der Waals surface area contributed by atoms with E-state index in [9.17, 15) is 10.1 Å². The molecule has 2 aromatic rings. The molecule has 94 valence electrons. The number of nitro groups is 1. The topological polar surface area (TPSA) is 70.2 Å². The van der Waals surface area contributed by atoms with Gasteiger partial charge in [-0.25, -0.2) is 4.98 Å². The highest BCUT2D eigenvalue weighted by Crippen LogP contribution is 2.41. The number of benzene rings is 1. The van der Waals surface area contributed by atoms with Crippen molar-refractivity contribution < 1.29 is 9.66 Å². The van der Waals surface area contributed by atoms with Crippen molar-refractivity contribution in [2.24, 2.45) is 0 Å². The number of halogens is 1. The van der Waals surface area contributed by atoms with E-state index in [-0.39, 0.29) is 5.69 Å². The van der Waals surface area contributed by atoms with Crippen molar-refractivity contribution in [1.29, 1.82) is 0 Å². The van der Waals surface area contributed by atoms with Gasteiger partial charge in [-0.05, 0) is 22.4 Å². The summed E-state index contributed by atoms with van der Waals surface area (Å²) in [6, 6.07) is 1.45. The van der Waals surface area contributed by atoms with Gasteiger partial charge in [0.1, 0.15) is 16.9 Å². The molecule has 1 aromatic carbocycles. The summed E-state index contributed by atoms with van der Waals surface area (Å²) in [7, 11) is 1.45. The average Bonchev–Trinajstić information content (AvgIpc) is 2.89. The highest BCUT2D eigenvalue weighted by Gasteiger charge is 2.27. The molecule has 0 N–H and O–H groups in total. The average molecular weight is 312 g/mol. The summed E-state index contributed by atoms with van der Waals surface area (Å²) in [5, 5.41) is 11.1. The van der Waals surface area contributed by atoms with Gasteiger partial charge in [-0.1, -0.05) is 0 Å². The van der Waals surface area contributed by atoms with Crippen molar-refractivity contribution in [3.63, 3.8) is 0 Å². The molecular weight excluding hydrogens is 302 g/mol. The number of hydrogen-bond acceptors (Lipinski definition) is 4. The SMILES string of the molecule is COc1c([N+](=O)[O-])cc(Br)c2nc3n(c12)CCC3. The number of imidazole rings is 1. The summed E-state index contributed by atoms with van der Waals surface area (Å²) in [4.78, 5) is 15.2. The summed E-state index contributed by atoms with van der Waals surface area (Å²) in [5.74, 6) is 1.25. The number of methoxy groups -OCH3 is 1. The second-order valence-corrected chi connectivity index (χ2v) is 5.00. The molecule has 1 aromatic heterocycles. The fourth-order valence-electron chi connectivity index (χ4n) is 2.43. The number of hydrogen-bond donors (Lipinski definition) is 0. The summed E-state index contributed by atoms with van der Waals surface area (Å²) in [5.41, 5.74) is 1.41. The lowest BCUT2D eigenvalue weighted by Gasteiger charge is -2.07. The van der Waals surface area contributed by atoms with Crippen molar-refractivity contribution in [2.45, 2.75) is 19.4 Å². The van der Waals surface area contributed by atoms with E-state index in [2.05, 4.69) is 20.9 Å². The second-order valence-electron chi connectivity index (χ2n) is 4.15. The molecule has 0 atom stereocenters. The summed E-state index contributed by atoms with van der Waals surface area (Å²) in [6.45, 7) is 0.829. The van der Waals surface area contributed by atoms with Crippen molar-refractivity contribution >= 4 is 32.7 Å². The van der Waals surface area contributed by atoms with E-state index in [1.165, 1.54) is 13.2 Å². The van der Waals surface area contributed by atoms with Gasteiger partial charge in [-0.3, -0.25) is 10.1 Å². The highest BCUT2D eigenvalue weighted by atomic mass is 79.9. The molecule has 6 nitrogen and oxygen atoms in total. The molecule has 7 heteroatoms. The Bertz CT molecular complexity index is 665. The Morgan fingerprint density at radius 3 is 3.06 bits per heavy atom. The molecule has 0 amide bonds. The Labute approximate surface area is 111 Å². The molecule has 3 rings (SSSR count). The summed E-state index contributed by atoms with van der Waals surface area (Å²) < 4.78 is 7.87. The van der Waals surface area contributed by atoms with Crippen LogP contribution in [0.1, 0.15) is 12.2 Å². The van der Waals surface area contributed by atoms with Gasteiger partial charge in [0.05, 0.1) is 16.5 Å². The summed E-state index contributed by atoms with van der Waals surface area (Å²) >= 11 is 3.34. The number of nitro benzene ring substituents is 1. The molecule has 2 heterocycles. The van der Waals surface area contributed by atoms with Gasteiger partial charge in [0, 0.05) is 19.0 Å². The van der Waals surface area contributed by atoms with Gasteiger partial charge in [0.15, 0.2) is 0 Å². The normalized spacial score (nSPS) is 13.9. The van der Waals surface area contributed by atoms with Crippen LogP contribution in [0.4, 0.5) is 5.69 Å². The first-order valence-corrected chi connectivity index (χ1v) is 6.32. The standard InChI is InChI=1S/C11H10BrN3O3/c1-18-11-7(15(16)17)5-6(12)9-10(11)14-4-2-3-8(14)13-9/h5H,2-4H2,1H3. The maximum absolute atomic E-state index is 11.1. The van der Waals surface area contributed by atoms with E-state index in [0.717, 1.165) is 30.7 Å². The van der Waals surface area contributed by atoms with Crippen LogP contribution in [-0.4, -0.2) is 21.6 Å². The lowest BCUT2D eigenvalue weighted by Crippen LogP contribution is -1.99. The zero-order valence-corrected chi connectivity index (χ0v) is 11.2. The Balaban J connectivity index is 2.44. The van der Waals surface area contributed by atoms with E-state index in [1.807, 2.05) is 4.57 Å². The Morgan fingerprint density at radius 1 is 1.61 bits per heavy atom. The number of aromatic nitrogens is 2.